The van der Waals surface area contributed by atoms with Crippen LogP contribution in [-0.4, -0.2) is 46.2 Å². The Balaban J connectivity index is 1.78. The Morgan fingerprint density at radius 1 is 1.36 bits per heavy atom. The second-order valence-electron chi connectivity index (χ2n) is 5.85. The van der Waals surface area contributed by atoms with Gasteiger partial charge in [0.1, 0.15) is 17.3 Å². The van der Waals surface area contributed by atoms with Crippen LogP contribution in [0.2, 0.25) is 0 Å². The molecule has 0 spiro atoms. The second kappa shape index (κ2) is 8.57. The van der Waals surface area contributed by atoms with Crippen LogP contribution in [-0.2, 0) is 17.8 Å². The molecule has 0 aromatic carbocycles. The van der Waals surface area contributed by atoms with E-state index in [1.165, 1.54) is 38.0 Å². The average Bonchev–Trinajstić information content (AvgIpc) is 3.26. The van der Waals surface area contributed by atoms with Gasteiger partial charge < -0.3 is 14.8 Å². The van der Waals surface area contributed by atoms with Gasteiger partial charge in [-0.15, -0.1) is 11.3 Å². The minimum absolute atomic E-state index is 0.175. The summed E-state index contributed by atoms with van der Waals surface area (Å²) >= 11 is 1.22. The van der Waals surface area contributed by atoms with Gasteiger partial charge in [-0.2, -0.15) is 13.8 Å². The van der Waals surface area contributed by atoms with Gasteiger partial charge in [-0.25, -0.2) is 9.97 Å². The van der Waals surface area contributed by atoms with Crippen LogP contribution in [0.15, 0.2) is 12.4 Å². The Bertz CT molecular complexity index is 989. The van der Waals surface area contributed by atoms with Crippen molar-refractivity contribution in [1.29, 1.82) is 0 Å². The van der Waals surface area contributed by atoms with Crippen LogP contribution in [0.3, 0.4) is 0 Å². The second-order valence-corrected chi connectivity index (χ2v) is 6.85. The number of alkyl halides is 2. The first kappa shape index (κ1) is 20.1. The molecule has 0 unspecified atom stereocenters. The molecular formula is C17H19F2N5O3S. The smallest absolute Gasteiger partial charge is 0.319 e. The summed E-state index contributed by atoms with van der Waals surface area (Å²) in [7, 11) is 3.04. The van der Waals surface area contributed by atoms with Gasteiger partial charge in [-0.3, -0.25) is 9.36 Å². The lowest BCUT2D eigenvalue weighted by atomic mass is 10.2. The molecule has 28 heavy (non-hydrogen) atoms. The van der Waals surface area contributed by atoms with Crippen LogP contribution in [0.4, 0.5) is 8.78 Å². The molecule has 3 aromatic heterocycles. The number of aromatic nitrogens is 4. The number of rotatable bonds is 8. The number of amides is 1. The molecule has 3 heterocycles. The van der Waals surface area contributed by atoms with Crippen molar-refractivity contribution in [3.63, 3.8) is 0 Å². The number of halogens is 2. The third kappa shape index (κ3) is 3.94. The fourth-order valence-corrected chi connectivity index (χ4v) is 3.89. The molecule has 3 rings (SSSR count). The predicted molar refractivity (Wildman–Crippen MR) is 98.9 cm³/mol. The Hall–Kier alpha value is -2.66. The number of ether oxygens (including phenoxy) is 2. The van der Waals surface area contributed by atoms with E-state index in [9.17, 15) is 13.6 Å². The fraction of sp³-hybridized carbons (Fsp3) is 0.412. The first-order chi connectivity index (χ1) is 13.5. The zero-order chi connectivity index (χ0) is 20.3. The molecule has 3 aromatic rings. The fourth-order valence-electron chi connectivity index (χ4n) is 2.79. The molecule has 11 heteroatoms. The monoisotopic (exact) mass is 411 g/mol. The van der Waals surface area contributed by atoms with E-state index in [-0.39, 0.29) is 31.3 Å². The highest BCUT2D eigenvalue weighted by molar-refractivity contribution is 7.20. The van der Waals surface area contributed by atoms with E-state index < -0.39 is 6.55 Å². The SMILES string of the molecule is COCc1nc(OC)c2c(C)c(C(=O)NCCc3nccn3C(F)F)sc2n1. The van der Waals surface area contributed by atoms with Crippen molar-refractivity contribution in [1.82, 2.24) is 24.8 Å². The number of carbonyl (C=O) groups is 1. The van der Waals surface area contributed by atoms with Crippen LogP contribution < -0.4 is 10.1 Å². The third-order valence-electron chi connectivity index (χ3n) is 4.07. The molecule has 0 fully saturated rings. The van der Waals surface area contributed by atoms with Gasteiger partial charge in [-0.05, 0) is 12.5 Å². The summed E-state index contributed by atoms with van der Waals surface area (Å²) in [6.45, 7) is -0.473. The van der Waals surface area contributed by atoms with Gasteiger partial charge in [0.25, 0.3) is 5.91 Å². The van der Waals surface area contributed by atoms with Gasteiger partial charge in [0, 0.05) is 32.5 Å². The van der Waals surface area contributed by atoms with Crippen molar-refractivity contribution in [3.8, 4) is 5.88 Å². The van der Waals surface area contributed by atoms with Crippen molar-refractivity contribution < 1.29 is 23.0 Å². The largest absolute Gasteiger partial charge is 0.480 e. The third-order valence-corrected chi connectivity index (χ3v) is 5.25. The van der Waals surface area contributed by atoms with Crippen LogP contribution in [0.25, 0.3) is 10.2 Å². The molecule has 0 bridgehead atoms. The maximum Gasteiger partial charge on any atom is 0.319 e. The molecule has 0 saturated heterocycles. The molecule has 0 radical (unpaired) electrons. The minimum atomic E-state index is -2.66. The molecule has 150 valence electrons. The Morgan fingerprint density at radius 2 is 2.14 bits per heavy atom. The summed E-state index contributed by atoms with van der Waals surface area (Å²) in [6.07, 6.45) is 2.71. The van der Waals surface area contributed by atoms with Crippen LogP contribution in [0.1, 0.15) is 33.4 Å². The van der Waals surface area contributed by atoms with Gasteiger partial charge in [-0.1, -0.05) is 0 Å². The quantitative estimate of drug-likeness (QED) is 0.613. The molecule has 1 N–H and O–H groups in total. The molecule has 0 saturated carbocycles. The number of nitrogens with one attached hydrogen (secondary N) is 1. The number of hydrogen-bond donors (Lipinski definition) is 1. The van der Waals surface area contributed by atoms with Crippen molar-refractivity contribution in [3.05, 3.63) is 34.5 Å². The van der Waals surface area contributed by atoms with Gasteiger partial charge >= 0.3 is 6.55 Å². The molecule has 0 atom stereocenters. The summed E-state index contributed by atoms with van der Waals surface area (Å²) in [5.74, 6) is 0.730. The summed E-state index contributed by atoms with van der Waals surface area (Å²) < 4.78 is 36.9. The first-order valence-corrected chi connectivity index (χ1v) is 9.18. The van der Waals surface area contributed by atoms with E-state index in [0.717, 1.165) is 4.57 Å². The Kier molecular flexibility index (Phi) is 6.15. The average molecular weight is 411 g/mol. The summed E-state index contributed by atoms with van der Waals surface area (Å²) in [6, 6.07) is 0. The van der Waals surface area contributed by atoms with Crippen molar-refractivity contribution in [2.45, 2.75) is 26.5 Å². The van der Waals surface area contributed by atoms with E-state index in [4.69, 9.17) is 9.47 Å². The number of thiophene rings is 1. The lowest BCUT2D eigenvalue weighted by Gasteiger charge is -2.07. The number of carbonyl (C=O) groups excluding carboxylic acids is 1. The van der Waals surface area contributed by atoms with Crippen LogP contribution in [0.5, 0.6) is 5.88 Å². The Morgan fingerprint density at radius 3 is 2.82 bits per heavy atom. The van der Waals surface area contributed by atoms with Crippen molar-refractivity contribution in [2.24, 2.45) is 0 Å². The maximum atomic E-state index is 12.8. The first-order valence-electron chi connectivity index (χ1n) is 8.37. The summed E-state index contributed by atoms with van der Waals surface area (Å²) in [5, 5.41) is 3.41. The maximum absolute atomic E-state index is 12.8. The lowest BCUT2D eigenvalue weighted by molar-refractivity contribution is 0.0670. The van der Waals surface area contributed by atoms with E-state index in [0.29, 0.717) is 32.4 Å². The zero-order valence-corrected chi connectivity index (χ0v) is 16.3. The van der Waals surface area contributed by atoms with E-state index in [2.05, 4.69) is 20.3 Å². The normalized spacial score (nSPS) is 11.4. The van der Waals surface area contributed by atoms with Crippen molar-refractivity contribution in [2.75, 3.05) is 20.8 Å². The minimum Gasteiger partial charge on any atom is -0.480 e. The van der Waals surface area contributed by atoms with Crippen molar-refractivity contribution >= 4 is 27.5 Å². The molecule has 8 nitrogen and oxygen atoms in total. The molecule has 1 amide bonds. The number of fused-ring (bicyclic) bond motifs is 1. The number of aryl methyl sites for hydroxylation is 1. The highest BCUT2D eigenvalue weighted by atomic mass is 32.1. The highest BCUT2D eigenvalue weighted by Crippen LogP contribution is 2.35. The van der Waals surface area contributed by atoms with E-state index in [1.807, 2.05) is 0 Å². The van der Waals surface area contributed by atoms with Crippen LogP contribution >= 0.6 is 11.3 Å². The number of nitrogens with zero attached hydrogens (tertiary/aromatic N) is 4. The zero-order valence-electron chi connectivity index (χ0n) is 15.5. The standard InChI is InChI=1S/C17H19F2N5O3S/c1-9-12-15(27-3)22-10(8-26-2)23-16(12)28-13(9)14(25)21-5-4-11-20-6-7-24(11)17(18)19/h6-7,17H,4-5,8H2,1-3H3,(H,21,25). The lowest BCUT2D eigenvalue weighted by Crippen LogP contribution is -2.26. The predicted octanol–water partition coefficient (Wildman–Crippen LogP) is 2.72. The van der Waals surface area contributed by atoms with Crippen LogP contribution in [0, 0.1) is 6.92 Å². The Labute approximate surface area is 163 Å². The van der Waals surface area contributed by atoms with Gasteiger partial charge in [0.2, 0.25) is 5.88 Å². The summed E-state index contributed by atoms with van der Waals surface area (Å²) in [4.78, 5) is 26.3. The number of hydrogen-bond acceptors (Lipinski definition) is 7. The van der Waals surface area contributed by atoms with E-state index in [1.54, 1.807) is 6.92 Å². The number of methoxy groups -OCH3 is 2. The summed E-state index contributed by atoms with van der Waals surface area (Å²) in [5.41, 5.74) is 0.701. The molecule has 0 aliphatic carbocycles. The van der Waals surface area contributed by atoms with Gasteiger partial charge in [0.05, 0.1) is 17.4 Å². The number of imidazole rings is 1. The van der Waals surface area contributed by atoms with Gasteiger partial charge in [0.15, 0.2) is 5.82 Å². The highest BCUT2D eigenvalue weighted by Gasteiger charge is 2.21. The van der Waals surface area contributed by atoms with E-state index >= 15 is 0 Å². The topological polar surface area (TPSA) is 91.2 Å². The molecule has 0 aliphatic heterocycles. The molecule has 0 aliphatic rings. The molecular weight excluding hydrogens is 392 g/mol.